The zero-order valence-corrected chi connectivity index (χ0v) is 12.8. The number of benzene rings is 1. The number of rotatable bonds is 4. The first-order valence-corrected chi connectivity index (χ1v) is 8.01. The third-order valence-corrected chi connectivity index (χ3v) is 4.70. The van der Waals surface area contributed by atoms with Gasteiger partial charge in [-0.2, -0.15) is 12.7 Å². The van der Waals surface area contributed by atoms with Crippen LogP contribution in [0.3, 0.4) is 0 Å². The van der Waals surface area contributed by atoms with Crippen molar-refractivity contribution in [2.45, 2.75) is 0 Å². The Hall–Kier alpha value is -1.16. The highest BCUT2D eigenvalue weighted by Gasteiger charge is 2.24. The highest BCUT2D eigenvalue weighted by molar-refractivity contribution is 9.10. The molecule has 0 bridgehead atoms. The van der Waals surface area contributed by atoms with Crippen LogP contribution in [0.2, 0.25) is 0 Å². The predicted molar refractivity (Wildman–Crippen MR) is 76.0 cm³/mol. The molecule has 1 fully saturated rings. The van der Waals surface area contributed by atoms with Gasteiger partial charge >= 0.3 is 16.2 Å². The molecule has 0 amide bonds. The van der Waals surface area contributed by atoms with Crippen LogP contribution >= 0.6 is 15.9 Å². The van der Waals surface area contributed by atoms with E-state index >= 15 is 0 Å². The van der Waals surface area contributed by atoms with Crippen LogP contribution in [0.5, 0.6) is 0 Å². The van der Waals surface area contributed by atoms with Crippen LogP contribution in [0.4, 0.5) is 5.69 Å². The van der Waals surface area contributed by atoms with E-state index in [1.54, 1.807) is 0 Å². The molecule has 2 rings (SSSR count). The van der Waals surface area contributed by atoms with Crippen molar-refractivity contribution in [1.29, 1.82) is 0 Å². The number of hydrogen-bond donors (Lipinski definition) is 2. The van der Waals surface area contributed by atoms with Gasteiger partial charge in [0.15, 0.2) is 0 Å². The van der Waals surface area contributed by atoms with E-state index in [9.17, 15) is 13.2 Å². The zero-order chi connectivity index (χ0) is 14.8. The third-order valence-electron chi connectivity index (χ3n) is 2.70. The average molecular weight is 365 g/mol. The molecule has 0 radical (unpaired) electrons. The predicted octanol–water partition coefficient (Wildman–Crippen LogP) is 1.14. The van der Waals surface area contributed by atoms with Gasteiger partial charge in [0.05, 0.1) is 24.5 Å². The van der Waals surface area contributed by atoms with Gasteiger partial charge in [-0.25, -0.2) is 4.79 Å². The van der Waals surface area contributed by atoms with E-state index < -0.39 is 16.2 Å². The number of carboxylic acids is 1. The Morgan fingerprint density at radius 1 is 1.30 bits per heavy atom. The van der Waals surface area contributed by atoms with Gasteiger partial charge in [0.25, 0.3) is 0 Å². The number of ether oxygens (including phenoxy) is 1. The quantitative estimate of drug-likeness (QED) is 0.834. The summed E-state index contributed by atoms with van der Waals surface area (Å²) in [5.74, 6) is -1.13. The molecular weight excluding hydrogens is 352 g/mol. The first-order chi connectivity index (χ1) is 9.38. The second kappa shape index (κ2) is 6.08. The number of nitrogens with one attached hydrogen (secondary N) is 1. The molecule has 1 aliphatic heterocycles. The minimum Gasteiger partial charge on any atom is -0.478 e. The van der Waals surface area contributed by atoms with Crippen LogP contribution in [0.25, 0.3) is 0 Å². The van der Waals surface area contributed by atoms with Gasteiger partial charge in [0.2, 0.25) is 0 Å². The number of halogens is 1. The number of nitrogens with zero attached hydrogens (tertiary/aromatic N) is 1. The number of carbonyl (C=O) groups is 1. The maximum Gasteiger partial charge on any atom is 0.335 e. The molecule has 0 aromatic heterocycles. The SMILES string of the molecule is O=C(O)c1cc(Br)cc(NS(=O)(=O)N2CCOCC2)c1. The summed E-state index contributed by atoms with van der Waals surface area (Å²) >= 11 is 3.15. The number of morpholine rings is 1. The summed E-state index contributed by atoms with van der Waals surface area (Å²) in [5, 5.41) is 8.96. The van der Waals surface area contributed by atoms with Crippen molar-refractivity contribution in [2.75, 3.05) is 31.0 Å². The fraction of sp³-hybridized carbons (Fsp3) is 0.364. The van der Waals surface area contributed by atoms with Crippen molar-refractivity contribution in [2.24, 2.45) is 0 Å². The molecule has 2 N–H and O–H groups in total. The van der Waals surface area contributed by atoms with E-state index in [2.05, 4.69) is 20.7 Å². The fourth-order valence-electron chi connectivity index (χ4n) is 1.77. The fourth-order valence-corrected chi connectivity index (χ4v) is 3.44. The highest BCUT2D eigenvalue weighted by atomic mass is 79.9. The van der Waals surface area contributed by atoms with Crippen molar-refractivity contribution in [3.05, 3.63) is 28.2 Å². The molecule has 0 spiro atoms. The van der Waals surface area contributed by atoms with Crippen molar-refractivity contribution in [3.8, 4) is 0 Å². The lowest BCUT2D eigenvalue weighted by atomic mass is 10.2. The minimum atomic E-state index is -3.71. The van der Waals surface area contributed by atoms with Gasteiger partial charge < -0.3 is 9.84 Å². The van der Waals surface area contributed by atoms with Crippen LogP contribution in [-0.4, -0.2) is 50.1 Å². The van der Waals surface area contributed by atoms with Crippen molar-refractivity contribution in [1.82, 2.24) is 4.31 Å². The van der Waals surface area contributed by atoms with Gasteiger partial charge in [-0.3, -0.25) is 4.72 Å². The molecule has 0 aliphatic carbocycles. The van der Waals surface area contributed by atoms with Gasteiger partial charge in [-0.1, -0.05) is 15.9 Å². The molecule has 20 heavy (non-hydrogen) atoms. The second-order valence-electron chi connectivity index (χ2n) is 4.15. The summed E-state index contributed by atoms with van der Waals surface area (Å²) in [4.78, 5) is 10.9. The van der Waals surface area contributed by atoms with Crippen molar-refractivity contribution >= 4 is 37.8 Å². The summed E-state index contributed by atoms with van der Waals surface area (Å²) in [6.45, 7) is 1.24. The lowest BCUT2D eigenvalue weighted by Gasteiger charge is -2.26. The molecular formula is C11H13BrN2O5S. The largest absolute Gasteiger partial charge is 0.478 e. The summed E-state index contributed by atoms with van der Waals surface area (Å²) < 4.78 is 33.5. The molecule has 0 saturated carbocycles. The molecule has 1 aromatic carbocycles. The number of anilines is 1. The van der Waals surface area contributed by atoms with Gasteiger partial charge in [-0.05, 0) is 18.2 Å². The third kappa shape index (κ3) is 3.69. The van der Waals surface area contributed by atoms with Crippen LogP contribution in [0.15, 0.2) is 22.7 Å². The maximum atomic E-state index is 12.1. The molecule has 0 atom stereocenters. The Bertz CT molecular complexity index is 613. The van der Waals surface area contributed by atoms with E-state index in [-0.39, 0.29) is 24.3 Å². The normalized spacial score (nSPS) is 16.9. The van der Waals surface area contributed by atoms with E-state index in [1.165, 1.54) is 22.5 Å². The van der Waals surface area contributed by atoms with Crippen molar-refractivity contribution < 1.29 is 23.1 Å². The average Bonchev–Trinajstić information content (AvgIpc) is 2.38. The Labute approximate surface area is 124 Å². The number of carboxylic acid groups (broad SMARTS) is 1. The highest BCUT2D eigenvalue weighted by Crippen LogP contribution is 2.21. The zero-order valence-electron chi connectivity index (χ0n) is 10.4. The molecule has 0 unspecified atom stereocenters. The standard InChI is InChI=1S/C11H13BrN2O5S/c12-9-5-8(11(15)16)6-10(7-9)13-20(17,18)14-1-3-19-4-2-14/h5-7,13H,1-4H2,(H,15,16). The van der Waals surface area contributed by atoms with Crippen LogP contribution in [0, 0.1) is 0 Å². The molecule has 7 nitrogen and oxygen atoms in total. The van der Waals surface area contributed by atoms with Gasteiger partial charge in [0.1, 0.15) is 0 Å². The van der Waals surface area contributed by atoms with E-state index in [4.69, 9.17) is 9.84 Å². The van der Waals surface area contributed by atoms with E-state index in [0.717, 1.165) is 0 Å². The Kier molecular flexibility index (Phi) is 4.63. The van der Waals surface area contributed by atoms with E-state index in [0.29, 0.717) is 17.7 Å². The molecule has 9 heteroatoms. The Morgan fingerprint density at radius 3 is 2.55 bits per heavy atom. The van der Waals surface area contributed by atoms with E-state index in [1.807, 2.05) is 0 Å². The lowest BCUT2D eigenvalue weighted by molar-refractivity contribution is 0.0697. The first kappa shape index (κ1) is 15.2. The minimum absolute atomic E-state index is 0.000877. The maximum absolute atomic E-state index is 12.1. The number of hydrogen-bond acceptors (Lipinski definition) is 4. The van der Waals surface area contributed by atoms with Gasteiger partial charge in [0, 0.05) is 17.6 Å². The summed E-state index contributed by atoms with van der Waals surface area (Å²) in [6, 6.07) is 4.17. The topological polar surface area (TPSA) is 95.9 Å². The number of aromatic carboxylic acids is 1. The van der Waals surface area contributed by atoms with Crippen LogP contribution in [0.1, 0.15) is 10.4 Å². The monoisotopic (exact) mass is 364 g/mol. The Morgan fingerprint density at radius 2 is 1.95 bits per heavy atom. The smallest absolute Gasteiger partial charge is 0.335 e. The molecule has 1 aromatic rings. The van der Waals surface area contributed by atoms with Gasteiger partial charge in [-0.15, -0.1) is 0 Å². The Balaban J connectivity index is 2.22. The summed E-state index contributed by atoms with van der Waals surface area (Å²) in [5.41, 5.74) is 0.197. The lowest BCUT2D eigenvalue weighted by Crippen LogP contribution is -2.43. The van der Waals surface area contributed by atoms with Crippen LogP contribution < -0.4 is 4.72 Å². The summed E-state index contributed by atoms with van der Waals surface area (Å²) in [7, 11) is -3.71. The van der Waals surface area contributed by atoms with Crippen molar-refractivity contribution in [3.63, 3.8) is 0 Å². The first-order valence-electron chi connectivity index (χ1n) is 5.78. The molecule has 110 valence electrons. The molecule has 1 saturated heterocycles. The summed E-state index contributed by atoms with van der Waals surface area (Å²) in [6.07, 6.45) is 0. The van der Waals surface area contributed by atoms with Crippen LogP contribution in [-0.2, 0) is 14.9 Å². The second-order valence-corrected chi connectivity index (χ2v) is 6.74. The molecule has 1 aliphatic rings. The molecule has 1 heterocycles.